The fraction of sp³-hybridized carbons (Fsp3) is 0.273. The number of hydrogen-bond acceptors (Lipinski definition) is 6. The second kappa shape index (κ2) is 7.53. The van der Waals surface area contributed by atoms with Crippen molar-refractivity contribution in [3.05, 3.63) is 30.3 Å². The Morgan fingerprint density at radius 1 is 1.47 bits per heavy atom. The molecule has 8 heteroatoms. The maximum Gasteiger partial charge on any atom is 0.407 e. The lowest BCUT2D eigenvalue weighted by Gasteiger charge is -2.18. The molecule has 0 fully saturated rings. The van der Waals surface area contributed by atoms with Crippen molar-refractivity contribution in [3.63, 3.8) is 0 Å². The van der Waals surface area contributed by atoms with Crippen LogP contribution >= 0.6 is 16.8 Å². The smallest absolute Gasteiger partial charge is 0.407 e. The summed E-state index contributed by atoms with van der Waals surface area (Å²) in [6.07, 6.45) is -0.571. The molecule has 0 saturated heterocycles. The third-order valence-electron chi connectivity index (χ3n) is 1.83. The fourth-order valence-corrected chi connectivity index (χ4v) is 4.97. The third-order valence-corrected chi connectivity index (χ3v) is 5.82. The van der Waals surface area contributed by atoms with Crippen molar-refractivity contribution < 1.29 is 14.1 Å². The van der Waals surface area contributed by atoms with Crippen molar-refractivity contribution in [2.75, 3.05) is 20.3 Å². The Morgan fingerprint density at radius 3 is 2.68 bits per heavy atom. The van der Waals surface area contributed by atoms with Gasteiger partial charge < -0.3 is 14.6 Å². The number of para-hydroxylation sites is 1. The molecule has 0 spiro atoms. The van der Waals surface area contributed by atoms with E-state index in [0.29, 0.717) is 5.75 Å². The summed E-state index contributed by atoms with van der Waals surface area (Å²) in [7, 11) is 1.46. The van der Waals surface area contributed by atoms with Gasteiger partial charge in [-0.15, -0.1) is 0 Å². The van der Waals surface area contributed by atoms with Crippen LogP contribution in [0.15, 0.2) is 30.3 Å². The summed E-state index contributed by atoms with van der Waals surface area (Å²) in [5.41, 5.74) is -2.23. The van der Waals surface area contributed by atoms with Crippen LogP contribution in [0.25, 0.3) is 0 Å². The number of rotatable bonds is 5. The van der Waals surface area contributed by atoms with Gasteiger partial charge in [0.05, 0.1) is 0 Å². The number of ether oxygens (including phenoxy) is 1. The van der Waals surface area contributed by atoms with Crippen LogP contribution in [-0.2, 0) is 16.5 Å². The van der Waals surface area contributed by atoms with E-state index in [-0.39, 0.29) is 11.7 Å². The average Bonchev–Trinajstić information content (AvgIpc) is 2.36. The normalized spacial score (nSPS) is 13.2. The maximum absolute atomic E-state index is 10.9. The van der Waals surface area contributed by atoms with Gasteiger partial charge in [0.1, 0.15) is 17.4 Å². The van der Waals surface area contributed by atoms with Crippen molar-refractivity contribution >= 4 is 39.8 Å². The molecular formula is C11H15N2O3PS2. The number of benzene rings is 1. The highest BCUT2D eigenvalue weighted by Crippen LogP contribution is 2.56. The van der Waals surface area contributed by atoms with Gasteiger partial charge in [0.15, 0.2) is 5.47 Å². The molecule has 104 valence electrons. The Hall–Kier alpha value is -1.04. The summed E-state index contributed by atoms with van der Waals surface area (Å²) in [4.78, 5) is 10.9. The second-order valence-corrected chi connectivity index (χ2v) is 11.3. The first-order valence-electron chi connectivity index (χ1n) is 5.36. The lowest BCUT2D eigenvalue weighted by Crippen LogP contribution is -2.21. The van der Waals surface area contributed by atoms with E-state index in [1.165, 1.54) is 7.05 Å². The Bertz CT molecular complexity index is 496. The van der Waals surface area contributed by atoms with Crippen molar-refractivity contribution in [1.82, 2.24) is 5.32 Å². The quantitative estimate of drug-likeness (QED) is 0.496. The number of amides is 1. The zero-order valence-corrected chi connectivity index (χ0v) is 13.1. The maximum atomic E-state index is 10.9. The Kier molecular flexibility index (Phi) is 6.34. The lowest BCUT2D eigenvalue weighted by molar-refractivity contribution is 0.164. The minimum absolute atomic E-state index is 0.102. The number of alkyl carbamates (subject to hydrolysis) is 1. The van der Waals surface area contributed by atoms with Crippen molar-refractivity contribution in [2.45, 2.75) is 0 Å². The van der Waals surface area contributed by atoms with E-state index in [1.807, 2.05) is 30.3 Å². The van der Waals surface area contributed by atoms with Gasteiger partial charge in [-0.2, -0.15) is 0 Å². The zero-order valence-electron chi connectivity index (χ0n) is 10.6. The van der Waals surface area contributed by atoms with Gasteiger partial charge in [-0.1, -0.05) is 18.2 Å². The molecule has 19 heavy (non-hydrogen) atoms. The van der Waals surface area contributed by atoms with Crippen LogP contribution in [0.4, 0.5) is 4.79 Å². The molecule has 0 aliphatic rings. The highest BCUT2D eigenvalue weighted by atomic mass is 32.9. The monoisotopic (exact) mass is 318 g/mol. The third kappa shape index (κ3) is 6.61. The molecule has 0 aliphatic carbocycles. The summed E-state index contributed by atoms with van der Waals surface area (Å²) >= 11 is 6.50. The van der Waals surface area contributed by atoms with Crippen LogP contribution < -0.4 is 9.84 Å². The molecule has 2 N–H and O–H groups in total. The van der Waals surface area contributed by atoms with Crippen LogP contribution in [0.2, 0.25) is 0 Å². The molecule has 1 aromatic carbocycles. The SMILES string of the molecule is CNC(=O)OCC(=N)SP(C)(=S)Oc1ccccc1. The van der Waals surface area contributed by atoms with Crippen LogP contribution in [-0.4, -0.2) is 31.5 Å². The minimum Gasteiger partial charge on any atom is -0.457 e. The van der Waals surface area contributed by atoms with Crippen molar-refractivity contribution in [2.24, 2.45) is 0 Å². The molecule has 1 amide bonds. The summed E-state index contributed by atoms with van der Waals surface area (Å²) in [6.45, 7) is 1.68. The van der Waals surface area contributed by atoms with E-state index in [0.717, 1.165) is 11.4 Å². The molecule has 0 bridgehead atoms. The molecule has 1 unspecified atom stereocenters. The second-order valence-electron chi connectivity index (χ2n) is 3.52. The van der Waals surface area contributed by atoms with Gasteiger partial charge in [0.2, 0.25) is 0 Å². The van der Waals surface area contributed by atoms with E-state index in [2.05, 4.69) is 5.32 Å². The molecule has 0 saturated carbocycles. The summed E-state index contributed by atoms with van der Waals surface area (Å²) in [5.74, 6) is 0.681. The van der Waals surface area contributed by atoms with Gasteiger partial charge in [0.25, 0.3) is 0 Å². The Morgan fingerprint density at radius 2 is 2.11 bits per heavy atom. The highest BCUT2D eigenvalue weighted by Gasteiger charge is 2.17. The first-order valence-corrected chi connectivity index (χ1v) is 9.95. The van der Waals surface area contributed by atoms with E-state index in [9.17, 15) is 4.79 Å². The standard InChI is InChI=1S/C11H15N2O3PS2/c1-13-11(14)15-8-10(12)19-17(2,18)16-9-6-4-3-5-7-9/h3-7,12H,8H2,1-2H3,(H,13,14). The zero-order chi connectivity index (χ0) is 14.3. The number of hydrogen-bond donors (Lipinski definition) is 2. The largest absolute Gasteiger partial charge is 0.457 e. The Balaban J connectivity index is 2.48. The van der Waals surface area contributed by atoms with Gasteiger partial charge in [-0.3, -0.25) is 5.41 Å². The molecule has 1 aromatic rings. The average molecular weight is 318 g/mol. The van der Waals surface area contributed by atoms with E-state index in [1.54, 1.807) is 6.66 Å². The van der Waals surface area contributed by atoms with Gasteiger partial charge in [-0.05, 0) is 35.3 Å². The topological polar surface area (TPSA) is 71.4 Å². The first-order chi connectivity index (χ1) is 8.93. The van der Waals surface area contributed by atoms with Crippen LogP contribution in [0.3, 0.4) is 0 Å². The first kappa shape index (κ1) is 16.0. The molecule has 5 nitrogen and oxygen atoms in total. The lowest BCUT2D eigenvalue weighted by atomic mass is 10.3. The number of carbonyl (C=O) groups excluding carboxylic acids is 1. The van der Waals surface area contributed by atoms with E-state index in [4.69, 9.17) is 26.5 Å². The summed E-state index contributed by atoms with van der Waals surface area (Å²) < 4.78 is 10.5. The van der Waals surface area contributed by atoms with E-state index < -0.39 is 11.6 Å². The fourth-order valence-electron chi connectivity index (χ4n) is 1.12. The molecule has 0 aliphatic heterocycles. The summed E-state index contributed by atoms with van der Waals surface area (Å²) in [5, 5.41) is 10.2. The molecule has 1 atom stereocenters. The molecular weight excluding hydrogens is 303 g/mol. The predicted molar refractivity (Wildman–Crippen MR) is 83.0 cm³/mol. The van der Waals surface area contributed by atoms with Gasteiger partial charge >= 0.3 is 6.09 Å². The van der Waals surface area contributed by atoms with Crippen LogP contribution in [0.5, 0.6) is 5.75 Å². The van der Waals surface area contributed by atoms with Gasteiger partial charge in [0, 0.05) is 13.7 Å². The molecule has 1 rings (SSSR count). The molecule has 0 radical (unpaired) electrons. The molecule has 0 heterocycles. The predicted octanol–water partition coefficient (Wildman–Crippen LogP) is 3.07. The molecule has 0 aromatic heterocycles. The van der Waals surface area contributed by atoms with Crippen LogP contribution in [0, 0.1) is 5.41 Å². The minimum atomic E-state index is -2.23. The van der Waals surface area contributed by atoms with Crippen molar-refractivity contribution in [3.8, 4) is 5.75 Å². The highest BCUT2D eigenvalue weighted by molar-refractivity contribution is 8.74. The van der Waals surface area contributed by atoms with Crippen LogP contribution in [0.1, 0.15) is 0 Å². The van der Waals surface area contributed by atoms with Gasteiger partial charge in [-0.25, -0.2) is 4.79 Å². The number of carbonyl (C=O) groups is 1. The number of nitrogens with one attached hydrogen (secondary N) is 2. The Labute approximate surface area is 121 Å². The summed E-state index contributed by atoms with van der Waals surface area (Å²) in [6, 6.07) is 9.23. The van der Waals surface area contributed by atoms with E-state index >= 15 is 0 Å². The van der Waals surface area contributed by atoms with Crippen molar-refractivity contribution in [1.29, 1.82) is 5.41 Å².